The summed E-state index contributed by atoms with van der Waals surface area (Å²) in [6.45, 7) is 9.91. The molecule has 0 aromatic heterocycles. The lowest BCUT2D eigenvalue weighted by atomic mass is 9.45. The van der Waals surface area contributed by atoms with Crippen LogP contribution in [0.2, 0.25) is 0 Å². The second-order valence-corrected chi connectivity index (χ2v) is 11.7. The van der Waals surface area contributed by atoms with Crippen LogP contribution in [0.1, 0.15) is 67.6 Å². The second-order valence-electron chi connectivity index (χ2n) is 11.7. The highest BCUT2D eigenvalue weighted by atomic mass is 16.9. The van der Waals surface area contributed by atoms with Crippen LogP contribution in [0.5, 0.6) is 11.5 Å². The first-order chi connectivity index (χ1) is 16.3. The van der Waals surface area contributed by atoms with Crippen molar-refractivity contribution in [1.82, 2.24) is 0 Å². The van der Waals surface area contributed by atoms with E-state index in [-0.39, 0.29) is 18.9 Å². The van der Waals surface area contributed by atoms with Crippen LogP contribution in [0.4, 0.5) is 0 Å². The molecule has 9 nitrogen and oxygen atoms in total. The Morgan fingerprint density at radius 3 is 2.37 bits per heavy atom. The van der Waals surface area contributed by atoms with Crippen molar-refractivity contribution in [3.05, 3.63) is 22.3 Å². The van der Waals surface area contributed by atoms with Gasteiger partial charge in [-0.2, -0.15) is 0 Å². The minimum Gasteiger partial charge on any atom is -0.495 e. The van der Waals surface area contributed by atoms with Gasteiger partial charge in [0.1, 0.15) is 46.6 Å². The summed E-state index contributed by atoms with van der Waals surface area (Å²) in [6.07, 6.45) is -0.954. The van der Waals surface area contributed by atoms with Gasteiger partial charge in [0.2, 0.25) is 0 Å². The SMILES string of the molecule is COc1c2c(c(C)c3c1C(=O)OC3)O[C@@]1(C)C[C@@H](O)[C@@]34O[C@@](OC)(OC3(C)C)[C@@H](O)C[C@@]4(C)[C@H]1C2. The maximum atomic E-state index is 12.6. The topological polar surface area (TPSA) is 113 Å². The van der Waals surface area contributed by atoms with Gasteiger partial charge in [-0.3, -0.25) is 0 Å². The Balaban J connectivity index is 1.57. The van der Waals surface area contributed by atoms with Crippen molar-refractivity contribution in [1.29, 1.82) is 0 Å². The standard InChI is InChI=1S/C26H34O9/c1-12-14-11-32-21(29)18(14)20(30-6)13-8-15-23(4)9-17(28)26(31-7)34-22(2,3)25(23,35-26)16(27)10-24(15,5)33-19(12)13/h15-17,27-28H,8-11H2,1-7H3/t15-,16-,17+,23+,24+,25-,26+/m1/s1. The van der Waals surface area contributed by atoms with E-state index >= 15 is 0 Å². The summed E-state index contributed by atoms with van der Waals surface area (Å²) in [5.41, 5.74) is -0.813. The van der Waals surface area contributed by atoms with Gasteiger partial charge in [0.15, 0.2) is 0 Å². The number of fused-ring (bicyclic) bond motifs is 5. The quantitative estimate of drug-likeness (QED) is 0.603. The Kier molecular flexibility index (Phi) is 4.49. The van der Waals surface area contributed by atoms with Gasteiger partial charge in [0.25, 0.3) is 0 Å². The molecular formula is C26H34O9. The Morgan fingerprint density at radius 2 is 1.71 bits per heavy atom. The Bertz CT molecular complexity index is 1150. The van der Waals surface area contributed by atoms with E-state index in [2.05, 4.69) is 0 Å². The molecule has 1 aromatic rings. The molecule has 192 valence electrons. The van der Waals surface area contributed by atoms with E-state index in [0.717, 1.165) is 16.7 Å². The molecule has 1 saturated carbocycles. The van der Waals surface area contributed by atoms with E-state index < -0.39 is 46.4 Å². The largest absolute Gasteiger partial charge is 0.495 e. The van der Waals surface area contributed by atoms with Gasteiger partial charge in [-0.05, 0) is 46.1 Å². The number of esters is 1. The number of carbonyl (C=O) groups excluding carboxylic acids is 1. The third-order valence-corrected chi connectivity index (χ3v) is 9.70. The minimum atomic E-state index is -1.65. The summed E-state index contributed by atoms with van der Waals surface area (Å²) in [7, 11) is 2.99. The van der Waals surface area contributed by atoms with E-state index in [0.29, 0.717) is 29.9 Å². The van der Waals surface area contributed by atoms with E-state index in [4.69, 9.17) is 28.4 Å². The monoisotopic (exact) mass is 490 g/mol. The lowest BCUT2D eigenvalue weighted by Gasteiger charge is -2.66. The van der Waals surface area contributed by atoms with Crippen LogP contribution in [0, 0.1) is 18.3 Å². The van der Waals surface area contributed by atoms with Crippen molar-refractivity contribution in [2.75, 3.05) is 14.2 Å². The number of rotatable bonds is 2. The highest BCUT2D eigenvalue weighted by Gasteiger charge is 2.82. The van der Waals surface area contributed by atoms with Crippen molar-refractivity contribution >= 4 is 5.97 Å². The normalized spacial score (nSPS) is 44.5. The molecule has 6 rings (SSSR count). The first-order valence-electron chi connectivity index (χ1n) is 12.2. The zero-order chi connectivity index (χ0) is 25.3. The number of ether oxygens (including phenoxy) is 6. The molecular weight excluding hydrogens is 456 g/mol. The first-order valence-corrected chi connectivity index (χ1v) is 12.2. The molecule has 4 aliphatic heterocycles. The molecule has 0 radical (unpaired) electrons. The number of cyclic esters (lactones) is 1. The van der Waals surface area contributed by atoms with Crippen LogP contribution in [-0.4, -0.2) is 65.4 Å². The Labute approximate surface area is 204 Å². The van der Waals surface area contributed by atoms with Crippen molar-refractivity contribution in [3.63, 3.8) is 0 Å². The third-order valence-electron chi connectivity index (χ3n) is 9.70. The molecule has 2 saturated heterocycles. The maximum Gasteiger partial charge on any atom is 0.342 e. The van der Waals surface area contributed by atoms with Gasteiger partial charge in [-0.25, -0.2) is 4.79 Å². The van der Waals surface area contributed by atoms with Crippen LogP contribution < -0.4 is 9.47 Å². The van der Waals surface area contributed by atoms with Gasteiger partial charge in [0.05, 0.1) is 13.2 Å². The van der Waals surface area contributed by atoms with Gasteiger partial charge < -0.3 is 38.6 Å². The van der Waals surface area contributed by atoms with Gasteiger partial charge in [0, 0.05) is 36.0 Å². The molecule has 0 unspecified atom stereocenters. The Morgan fingerprint density at radius 1 is 1.00 bits per heavy atom. The lowest BCUT2D eigenvalue weighted by Crippen LogP contribution is -2.78. The molecule has 1 aliphatic carbocycles. The van der Waals surface area contributed by atoms with Crippen molar-refractivity contribution < 1.29 is 43.4 Å². The van der Waals surface area contributed by atoms with Crippen molar-refractivity contribution in [2.24, 2.45) is 11.3 Å². The molecule has 9 heteroatoms. The average molecular weight is 491 g/mol. The smallest absolute Gasteiger partial charge is 0.342 e. The first kappa shape index (κ1) is 23.5. The number of aliphatic hydroxyl groups excluding tert-OH is 2. The summed E-state index contributed by atoms with van der Waals surface area (Å²) >= 11 is 0. The minimum absolute atomic E-state index is 0.182. The van der Waals surface area contributed by atoms with Crippen LogP contribution in [0.25, 0.3) is 0 Å². The highest BCUT2D eigenvalue weighted by molar-refractivity contribution is 5.98. The van der Waals surface area contributed by atoms with E-state index in [1.807, 2.05) is 34.6 Å². The van der Waals surface area contributed by atoms with E-state index in [1.165, 1.54) is 7.11 Å². The zero-order valence-electron chi connectivity index (χ0n) is 21.3. The van der Waals surface area contributed by atoms with Crippen molar-refractivity contribution in [2.45, 2.75) is 95.5 Å². The molecule has 2 N–H and O–H groups in total. The molecule has 3 fully saturated rings. The fourth-order valence-electron chi connectivity index (χ4n) is 8.32. The molecule has 7 atom stereocenters. The number of hydrogen-bond acceptors (Lipinski definition) is 9. The van der Waals surface area contributed by atoms with Crippen LogP contribution >= 0.6 is 0 Å². The molecule has 5 aliphatic rings. The predicted molar refractivity (Wildman–Crippen MR) is 121 cm³/mol. The number of aliphatic hydroxyl groups is 2. The zero-order valence-corrected chi connectivity index (χ0v) is 21.3. The molecule has 0 amide bonds. The number of methoxy groups -OCH3 is 2. The van der Waals surface area contributed by atoms with Crippen LogP contribution in [0.15, 0.2) is 0 Å². The van der Waals surface area contributed by atoms with E-state index in [9.17, 15) is 15.0 Å². The fraction of sp³-hybridized carbons (Fsp3) is 0.731. The fourth-order valence-corrected chi connectivity index (χ4v) is 8.32. The highest BCUT2D eigenvalue weighted by Crippen LogP contribution is 2.70. The maximum absolute atomic E-state index is 12.6. The average Bonchev–Trinajstić information content (AvgIpc) is 3.27. The van der Waals surface area contributed by atoms with E-state index in [1.54, 1.807) is 7.11 Å². The summed E-state index contributed by atoms with van der Waals surface area (Å²) < 4.78 is 36.3. The summed E-state index contributed by atoms with van der Waals surface area (Å²) in [5.74, 6) is -1.11. The summed E-state index contributed by atoms with van der Waals surface area (Å²) in [6, 6.07) is 0. The van der Waals surface area contributed by atoms with Gasteiger partial charge >= 0.3 is 11.9 Å². The van der Waals surface area contributed by atoms with Gasteiger partial charge in [-0.1, -0.05) is 6.92 Å². The van der Waals surface area contributed by atoms with Gasteiger partial charge in [-0.15, -0.1) is 0 Å². The number of benzene rings is 1. The van der Waals surface area contributed by atoms with Crippen LogP contribution in [0.3, 0.4) is 0 Å². The summed E-state index contributed by atoms with van der Waals surface area (Å²) in [4.78, 5) is 12.6. The lowest BCUT2D eigenvalue weighted by molar-refractivity contribution is -0.423. The number of hydrogen-bond donors (Lipinski definition) is 2. The second kappa shape index (κ2) is 6.69. The van der Waals surface area contributed by atoms with Crippen molar-refractivity contribution in [3.8, 4) is 11.5 Å². The molecule has 2 bridgehead atoms. The number of carbonyl (C=O) groups is 1. The van der Waals surface area contributed by atoms with Crippen LogP contribution in [-0.2, 0) is 32.0 Å². The molecule has 4 heterocycles. The predicted octanol–water partition coefficient (Wildman–Crippen LogP) is 2.38. The molecule has 35 heavy (non-hydrogen) atoms. The summed E-state index contributed by atoms with van der Waals surface area (Å²) in [5, 5.41) is 23.0. The molecule has 1 spiro atoms. The Hall–Kier alpha value is -1.91. The molecule has 1 aromatic carbocycles. The third kappa shape index (κ3) is 2.44.